The van der Waals surface area contributed by atoms with Crippen molar-refractivity contribution in [2.45, 2.75) is 165 Å². The van der Waals surface area contributed by atoms with Crippen molar-refractivity contribution in [2.75, 3.05) is 0 Å². The second kappa shape index (κ2) is 30.3. The summed E-state index contributed by atoms with van der Waals surface area (Å²) < 4.78 is 79.9. The molecule has 0 aliphatic heterocycles. The number of phenolic OH excluding ortho intramolecular Hbond substituents is 1. The van der Waals surface area contributed by atoms with Gasteiger partial charge in [-0.1, -0.05) is 172 Å². The SMILES string of the molecule is CCCCCCCCCCCCc1cccc(S(=O)(=O)O)c1Oc1cccc(O)c1.CCCCCCCCCCCCc1cccc(S(=O)(=O)[O-])c1Oc1cccc([O-])c1.[Ca+2]. The Morgan fingerprint density at radius 1 is 0.508 bits per heavy atom. The van der Waals surface area contributed by atoms with Crippen LogP contribution in [0, 0.1) is 0 Å². The van der Waals surface area contributed by atoms with Gasteiger partial charge in [0.2, 0.25) is 0 Å². The van der Waals surface area contributed by atoms with E-state index in [2.05, 4.69) is 13.8 Å². The van der Waals surface area contributed by atoms with Gasteiger partial charge in [-0.2, -0.15) is 8.42 Å². The molecule has 0 bridgehead atoms. The maximum absolute atomic E-state index is 11.8. The molecule has 4 aromatic rings. The number of unbranched alkanes of at least 4 members (excludes halogenated alkanes) is 18. The van der Waals surface area contributed by atoms with E-state index in [-0.39, 0.29) is 76.3 Å². The van der Waals surface area contributed by atoms with Crippen molar-refractivity contribution in [2.24, 2.45) is 0 Å². The minimum Gasteiger partial charge on any atom is -0.872 e. The summed E-state index contributed by atoms with van der Waals surface area (Å²) in [7, 11) is -9.12. The van der Waals surface area contributed by atoms with Gasteiger partial charge in [0.1, 0.15) is 38.0 Å². The van der Waals surface area contributed by atoms with E-state index in [1.54, 1.807) is 36.4 Å². The van der Waals surface area contributed by atoms with E-state index in [0.29, 0.717) is 24.2 Å². The van der Waals surface area contributed by atoms with Crippen molar-refractivity contribution in [3.8, 4) is 34.5 Å². The van der Waals surface area contributed by atoms with Gasteiger partial charge in [0.15, 0.2) is 5.75 Å². The third-order valence-electron chi connectivity index (χ3n) is 10.3. The number of benzene rings is 4. The molecule has 0 spiro atoms. The predicted molar refractivity (Wildman–Crippen MR) is 242 cm³/mol. The molecule has 10 nitrogen and oxygen atoms in total. The first kappa shape index (κ1) is 54.3. The summed E-state index contributed by atoms with van der Waals surface area (Å²) in [5.74, 6) is 0.480. The summed E-state index contributed by atoms with van der Waals surface area (Å²) in [4.78, 5) is -0.640. The smallest absolute Gasteiger partial charge is 0.872 e. The van der Waals surface area contributed by atoms with Gasteiger partial charge < -0.3 is 24.2 Å². The summed E-state index contributed by atoms with van der Waals surface area (Å²) in [6.45, 7) is 4.45. The summed E-state index contributed by atoms with van der Waals surface area (Å²) in [5.41, 5.74) is 1.40. The van der Waals surface area contributed by atoms with Crippen molar-refractivity contribution < 1.29 is 45.6 Å². The number of phenols is 1. The molecule has 332 valence electrons. The van der Waals surface area contributed by atoms with Crippen LogP contribution in [0.5, 0.6) is 34.5 Å². The van der Waals surface area contributed by atoms with E-state index in [0.717, 1.165) is 44.1 Å². The van der Waals surface area contributed by atoms with Gasteiger partial charge in [-0.05, 0) is 73.2 Å². The van der Waals surface area contributed by atoms with Gasteiger partial charge in [0, 0.05) is 6.07 Å². The zero-order chi connectivity index (χ0) is 43.6. The van der Waals surface area contributed by atoms with E-state index in [9.17, 15) is 36.2 Å². The number of rotatable bonds is 28. The molecular formula is C48H66CaO10S2. The number of para-hydroxylation sites is 2. The summed E-state index contributed by atoms with van der Waals surface area (Å²) in [5, 5.41) is 21.2. The molecule has 0 fully saturated rings. The Morgan fingerprint density at radius 3 is 1.30 bits per heavy atom. The van der Waals surface area contributed by atoms with Crippen LogP contribution in [-0.2, 0) is 33.1 Å². The van der Waals surface area contributed by atoms with Gasteiger partial charge in [-0.3, -0.25) is 4.55 Å². The molecule has 0 radical (unpaired) electrons. The van der Waals surface area contributed by atoms with Crippen LogP contribution in [0.25, 0.3) is 0 Å². The molecule has 13 heteroatoms. The Bertz CT molecular complexity index is 1910. The van der Waals surface area contributed by atoms with Crippen LogP contribution in [-0.4, -0.2) is 68.8 Å². The maximum atomic E-state index is 11.8. The fourth-order valence-electron chi connectivity index (χ4n) is 7.07. The number of aryl methyl sites for hydroxylation is 2. The Balaban J connectivity index is 0.000000413. The fraction of sp³-hybridized carbons (Fsp3) is 0.500. The number of aromatic hydroxyl groups is 1. The third kappa shape index (κ3) is 21.9. The largest absolute Gasteiger partial charge is 2.00 e. The Hall–Kier alpha value is -2.84. The van der Waals surface area contributed by atoms with Crippen LogP contribution in [0.2, 0.25) is 0 Å². The van der Waals surface area contributed by atoms with Gasteiger partial charge in [0.25, 0.3) is 10.1 Å². The molecule has 4 rings (SSSR count). The summed E-state index contributed by atoms with van der Waals surface area (Å²) >= 11 is 0. The van der Waals surface area contributed by atoms with E-state index in [4.69, 9.17) is 9.47 Å². The minimum atomic E-state index is -4.69. The number of hydrogen-bond donors (Lipinski definition) is 2. The van der Waals surface area contributed by atoms with Crippen LogP contribution in [0.1, 0.15) is 153 Å². The predicted octanol–water partition coefficient (Wildman–Crippen LogP) is 12.4. The minimum absolute atomic E-state index is 0. The van der Waals surface area contributed by atoms with Crippen LogP contribution in [0.4, 0.5) is 0 Å². The Kier molecular flexibility index (Phi) is 27.0. The van der Waals surface area contributed by atoms with E-state index < -0.39 is 20.2 Å². The first-order chi connectivity index (χ1) is 28.8. The number of ether oxygens (including phenoxy) is 2. The molecule has 61 heavy (non-hydrogen) atoms. The first-order valence-corrected chi connectivity index (χ1v) is 24.8. The Morgan fingerprint density at radius 2 is 0.885 bits per heavy atom. The molecule has 0 saturated carbocycles. The fourth-order valence-corrected chi connectivity index (χ4v) is 8.38. The van der Waals surface area contributed by atoms with Crippen LogP contribution in [0.15, 0.2) is 94.7 Å². The molecule has 0 aliphatic carbocycles. The van der Waals surface area contributed by atoms with Crippen molar-refractivity contribution >= 4 is 58.0 Å². The van der Waals surface area contributed by atoms with Gasteiger partial charge in [-0.15, -0.1) is 5.75 Å². The number of hydrogen-bond acceptors (Lipinski definition) is 9. The average Bonchev–Trinajstić information content (AvgIpc) is 3.19. The quantitative estimate of drug-likeness (QED) is 0.0317. The Labute approximate surface area is 396 Å². The van der Waals surface area contributed by atoms with Crippen LogP contribution in [0.3, 0.4) is 0 Å². The van der Waals surface area contributed by atoms with Crippen molar-refractivity contribution in [1.82, 2.24) is 0 Å². The van der Waals surface area contributed by atoms with E-state index in [1.165, 1.54) is 132 Å². The van der Waals surface area contributed by atoms with Crippen molar-refractivity contribution in [1.29, 1.82) is 0 Å². The maximum Gasteiger partial charge on any atom is 2.00 e. The van der Waals surface area contributed by atoms with Crippen LogP contribution < -0.4 is 14.6 Å². The van der Waals surface area contributed by atoms with Crippen molar-refractivity contribution in [3.05, 3.63) is 96.1 Å². The zero-order valence-corrected chi connectivity index (χ0v) is 40.2. The zero-order valence-electron chi connectivity index (χ0n) is 36.3. The standard InChI is InChI=1S/2C24H34O5S.Ca/c2*1-2-3-4-5-6-7-8-9-10-11-14-20-15-12-18-23(30(26,27)28)24(20)29-22-17-13-16-21(25)19-22;/h2*12-13,15-19,25H,2-11,14H2,1H3,(H,26,27,28);/q;;+2/p-2. The monoisotopic (exact) mass is 906 g/mol. The molecule has 0 saturated heterocycles. The third-order valence-corrected chi connectivity index (χ3v) is 12.1. The van der Waals surface area contributed by atoms with Gasteiger partial charge in [0.05, 0.1) is 4.90 Å². The second-order valence-electron chi connectivity index (χ2n) is 15.5. The molecule has 0 heterocycles. The summed E-state index contributed by atoms with van der Waals surface area (Å²) in [6, 6.07) is 21.3. The van der Waals surface area contributed by atoms with E-state index in [1.807, 2.05) is 6.07 Å². The first-order valence-electron chi connectivity index (χ1n) is 21.9. The second-order valence-corrected chi connectivity index (χ2v) is 18.2. The molecule has 0 amide bonds. The molecule has 0 unspecified atom stereocenters. The molecule has 0 aliphatic rings. The molecular weight excluding hydrogens is 841 g/mol. The van der Waals surface area contributed by atoms with Crippen molar-refractivity contribution in [3.63, 3.8) is 0 Å². The molecule has 0 atom stereocenters. The van der Waals surface area contributed by atoms with Gasteiger partial charge in [-0.25, -0.2) is 8.42 Å². The van der Waals surface area contributed by atoms with Gasteiger partial charge >= 0.3 is 37.7 Å². The molecule has 2 N–H and O–H groups in total. The van der Waals surface area contributed by atoms with E-state index >= 15 is 0 Å². The van der Waals surface area contributed by atoms with Crippen LogP contribution >= 0.6 is 0 Å². The topological polar surface area (TPSA) is 173 Å². The molecule has 4 aromatic carbocycles. The average molecular weight is 907 g/mol. The molecule has 0 aromatic heterocycles. The normalized spacial score (nSPS) is 11.3. The summed E-state index contributed by atoms with van der Waals surface area (Å²) in [6.07, 6.45) is 25.5.